The van der Waals surface area contributed by atoms with Gasteiger partial charge in [-0.25, -0.2) is 9.97 Å². The molecule has 0 N–H and O–H groups in total. The third-order valence-corrected chi connectivity index (χ3v) is 20.0. The molecule has 0 saturated carbocycles. The van der Waals surface area contributed by atoms with Crippen LogP contribution in [-0.4, -0.2) is 16.7 Å². The molecule has 0 amide bonds. The molecule has 18 aromatic rings. The van der Waals surface area contributed by atoms with Crippen LogP contribution in [0.25, 0.3) is 143 Å². The van der Waals surface area contributed by atoms with Crippen LogP contribution in [0.5, 0.6) is 0 Å². The molecule has 0 bridgehead atoms. The van der Waals surface area contributed by atoms with Gasteiger partial charge in [-0.3, -0.25) is 0 Å². The molecule has 0 unspecified atom stereocenters. The van der Waals surface area contributed by atoms with E-state index in [4.69, 9.17) is 9.97 Å². The van der Waals surface area contributed by atoms with Gasteiger partial charge in [0.15, 0.2) is 5.82 Å². The molecule has 0 aliphatic carbocycles. The predicted molar refractivity (Wildman–Crippen MR) is 394 cm³/mol. The second kappa shape index (κ2) is 20.2. The zero-order chi connectivity index (χ0) is 60.8. The van der Waals surface area contributed by atoms with Crippen molar-refractivity contribution in [2.45, 2.75) is 0 Å². The Bertz CT molecular complexity index is 5680. The van der Waals surface area contributed by atoms with Gasteiger partial charge in [0.2, 0.25) is 0 Å². The van der Waals surface area contributed by atoms with Crippen molar-refractivity contribution in [3.8, 4) is 67.2 Å². The molecule has 0 fully saturated rings. The minimum absolute atomic E-state index is 0.229. The summed E-state index contributed by atoms with van der Waals surface area (Å²) >= 11 is 0. The summed E-state index contributed by atoms with van der Waals surface area (Å²) in [5.41, 5.74) is 23.3. The fourth-order valence-electron chi connectivity index (χ4n) is 15.9. The SMILES string of the molecule is c1ccc(-c2ccc(N3c4cc(-c5nc(-c6cc(-c7ccccc7)cc(-c7ccccc7)c6)c6ccccc6n5)cc5c4B(c4c3cc3ccc6cccc7ccc4c3c67)c3c(cc4ccc6cccc7ccc3c4c67)N5c3ccc(-c4ccccc4)cc3)cc2)cc1. The van der Waals surface area contributed by atoms with Crippen molar-refractivity contribution < 1.29 is 0 Å². The molecule has 20 rings (SSSR count). The average Bonchev–Trinajstić information content (AvgIpc) is 0.678. The molecule has 428 valence electrons. The van der Waals surface area contributed by atoms with Gasteiger partial charge in [0.25, 0.3) is 6.71 Å². The lowest BCUT2D eigenvalue weighted by molar-refractivity contribution is 1.21. The molecule has 93 heavy (non-hydrogen) atoms. The van der Waals surface area contributed by atoms with Gasteiger partial charge < -0.3 is 9.80 Å². The third-order valence-electron chi connectivity index (χ3n) is 20.0. The summed E-state index contributed by atoms with van der Waals surface area (Å²) in [4.78, 5) is 16.7. The maximum absolute atomic E-state index is 5.89. The molecule has 2 aliphatic rings. The van der Waals surface area contributed by atoms with Crippen LogP contribution in [0.15, 0.2) is 322 Å². The van der Waals surface area contributed by atoms with Crippen molar-refractivity contribution in [2.24, 2.45) is 0 Å². The van der Waals surface area contributed by atoms with E-state index in [1.165, 1.54) is 92.2 Å². The lowest BCUT2D eigenvalue weighted by atomic mass is 9.32. The van der Waals surface area contributed by atoms with Crippen LogP contribution in [0.1, 0.15) is 0 Å². The summed E-state index contributed by atoms with van der Waals surface area (Å²) in [6, 6.07) is 119. The Morgan fingerprint density at radius 2 is 0.602 bits per heavy atom. The summed E-state index contributed by atoms with van der Waals surface area (Å²) in [5, 5.41) is 16.1. The Morgan fingerprint density at radius 1 is 0.226 bits per heavy atom. The summed E-state index contributed by atoms with van der Waals surface area (Å²) < 4.78 is 0. The lowest BCUT2D eigenvalue weighted by Gasteiger charge is -2.45. The monoisotopic (exact) mass is 1180 g/mol. The number of rotatable bonds is 8. The van der Waals surface area contributed by atoms with E-state index in [0.29, 0.717) is 5.82 Å². The molecule has 0 atom stereocenters. The fraction of sp³-hybridized carbons (Fsp3) is 0. The predicted octanol–water partition coefficient (Wildman–Crippen LogP) is 21.5. The number of para-hydroxylation sites is 1. The van der Waals surface area contributed by atoms with Gasteiger partial charge in [0.05, 0.1) is 11.2 Å². The highest BCUT2D eigenvalue weighted by Gasteiger charge is 2.46. The van der Waals surface area contributed by atoms with Crippen LogP contribution >= 0.6 is 0 Å². The van der Waals surface area contributed by atoms with E-state index in [2.05, 4.69) is 331 Å². The van der Waals surface area contributed by atoms with Gasteiger partial charge in [0.1, 0.15) is 0 Å². The van der Waals surface area contributed by atoms with E-state index in [9.17, 15) is 0 Å². The smallest absolute Gasteiger partial charge is 0.253 e. The molecular formula is C88H53BN4. The van der Waals surface area contributed by atoms with E-state index in [1.54, 1.807) is 0 Å². The van der Waals surface area contributed by atoms with E-state index in [-0.39, 0.29) is 6.71 Å². The maximum atomic E-state index is 5.89. The number of fused-ring (bicyclic) bond motifs is 7. The molecule has 2 aliphatic heterocycles. The summed E-state index contributed by atoms with van der Waals surface area (Å²) in [6.45, 7) is -0.229. The number of benzene rings is 17. The number of hydrogen-bond donors (Lipinski definition) is 0. The van der Waals surface area contributed by atoms with Crippen molar-refractivity contribution in [3.05, 3.63) is 322 Å². The molecule has 5 heteroatoms. The highest BCUT2D eigenvalue weighted by molar-refractivity contribution is 7.03. The minimum Gasteiger partial charge on any atom is -0.311 e. The van der Waals surface area contributed by atoms with Crippen molar-refractivity contribution in [3.63, 3.8) is 0 Å². The normalized spacial score (nSPS) is 12.7. The standard InChI is InChI=1S/C88H53BN4/c1-5-17-54(18-6-1)58-35-41-70(42-36-58)92-76-50-64-33-31-60-25-15-27-62-39-45-73(82(64)80(60)62)84(76)89-85-74-46-40-63-28-16-26-61-32-34-65(83(74)81(61)63)51-77(85)93(71-43-37-59(38-44-71)55-19-7-2-8-20-55)79-53-69(52-78(92)86(79)89)88-90-75-30-14-13-29-72(75)87(91-88)68-48-66(56-21-9-3-10-22-56)47-67(49-68)57-23-11-4-12-24-57/h1-53H. The molecule has 3 heterocycles. The van der Waals surface area contributed by atoms with Crippen molar-refractivity contribution >= 4 is 133 Å². The minimum atomic E-state index is -0.229. The second-order valence-electron chi connectivity index (χ2n) is 25.1. The number of nitrogens with zero attached hydrogens (tertiary/aromatic N) is 4. The van der Waals surface area contributed by atoms with Gasteiger partial charge >= 0.3 is 0 Å². The van der Waals surface area contributed by atoms with Gasteiger partial charge in [-0.05, 0) is 198 Å². The Morgan fingerprint density at radius 3 is 1.06 bits per heavy atom. The van der Waals surface area contributed by atoms with Gasteiger partial charge in [-0.1, -0.05) is 249 Å². The van der Waals surface area contributed by atoms with Crippen LogP contribution < -0.4 is 26.2 Å². The second-order valence-corrected chi connectivity index (χ2v) is 25.1. The quantitative estimate of drug-likeness (QED) is 0.112. The fourth-order valence-corrected chi connectivity index (χ4v) is 15.9. The van der Waals surface area contributed by atoms with E-state index in [0.717, 1.165) is 95.2 Å². The molecule has 4 nitrogen and oxygen atoms in total. The van der Waals surface area contributed by atoms with E-state index in [1.807, 2.05) is 0 Å². The zero-order valence-electron chi connectivity index (χ0n) is 50.5. The van der Waals surface area contributed by atoms with Crippen molar-refractivity contribution in [1.29, 1.82) is 0 Å². The third kappa shape index (κ3) is 7.94. The Balaban J connectivity index is 0.924. The molecule has 0 spiro atoms. The van der Waals surface area contributed by atoms with E-state index >= 15 is 0 Å². The van der Waals surface area contributed by atoms with Crippen LogP contribution in [0.2, 0.25) is 0 Å². The Labute approximate surface area is 538 Å². The maximum Gasteiger partial charge on any atom is 0.253 e. The highest BCUT2D eigenvalue weighted by Crippen LogP contribution is 2.51. The summed E-state index contributed by atoms with van der Waals surface area (Å²) in [6.07, 6.45) is 0. The largest absolute Gasteiger partial charge is 0.311 e. The van der Waals surface area contributed by atoms with Crippen molar-refractivity contribution in [2.75, 3.05) is 9.80 Å². The van der Waals surface area contributed by atoms with Crippen LogP contribution in [0.3, 0.4) is 0 Å². The molecule has 17 aromatic carbocycles. The summed E-state index contributed by atoms with van der Waals surface area (Å²) in [7, 11) is 0. The lowest BCUT2D eigenvalue weighted by Crippen LogP contribution is -2.61. The van der Waals surface area contributed by atoms with Crippen LogP contribution in [0.4, 0.5) is 34.1 Å². The first kappa shape index (κ1) is 51.7. The van der Waals surface area contributed by atoms with Crippen molar-refractivity contribution in [1.82, 2.24) is 9.97 Å². The van der Waals surface area contributed by atoms with Gasteiger partial charge in [0, 0.05) is 50.6 Å². The van der Waals surface area contributed by atoms with Gasteiger partial charge in [-0.15, -0.1) is 0 Å². The Kier molecular flexibility index (Phi) is 11.2. The average molecular weight is 1180 g/mol. The number of hydrogen-bond acceptors (Lipinski definition) is 4. The molecule has 0 radical (unpaired) electrons. The van der Waals surface area contributed by atoms with Crippen LogP contribution in [0, 0.1) is 0 Å². The number of anilines is 6. The molecule has 1 aromatic heterocycles. The molecular weight excluding hydrogens is 1120 g/mol. The number of aromatic nitrogens is 2. The first-order valence-electron chi connectivity index (χ1n) is 32.1. The summed E-state index contributed by atoms with van der Waals surface area (Å²) in [5.74, 6) is 0.645. The zero-order valence-corrected chi connectivity index (χ0v) is 50.5. The first-order chi connectivity index (χ1) is 46.1. The molecule has 0 saturated heterocycles. The van der Waals surface area contributed by atoms with E-state index < -0.39 is 0 Å². The highest BCUT2D eigenvalue weighted by atomic mass is 15.2. The van der Waals surface area contributed by atoms with Gasteiger partial charge in [-0.2, -0.15) is 0 Å². The van der Waals surface area contributed by atoms with Crippen LogP contribution in [-0.2, 0) is 0 Å². The topological polar surface area (TPSA) is 32.3 Å². The first-order valence-corrected chi connectivity index (χ1v) is 32.1. The Hall–Kier alpha value is -12.2.